The average Bonchev–Trinajstić information content (AvgIpc) is 2.87. The topological polar surface area (TPSA) is 25.2 Å². The molecule has 1 N–H and O–H groups in total. The van der Waals surface area contributed by atoms with E-state index >= 15 is 0 Å². The lowest BCUT2D eigenvalue weighted by Gasteiger charge is -2.05. The summed E-state index contributed by atoms with van der Waals surface area (Å²) in [5.74, 6) is 0.514. The van der Waals surface area contributed by atoms with Gasteiger partial charge in [-0.1, -0.05) is 6.08 Å². The minimum Gasteiger partial charge on any atom is -0.388 e. The summed E-state index contributed by atoms with van der Waals surface area (Å²) in [6, 6.07) is 1.99. The molecule has 13 heavy (non-hydrogen) atoms. The molecular formula is C11H15NO. The third-order valence-electron chi connectivity index (χ3n) is 2.52. The molecule has 0 saturated heterocycles. The highest BCUT2D eigenvalue weighted by Gasteiger charge is 2.30. The fraction of sp³-hybridized carbons (Fsp3) is 0.455. The Bertz CT molecular complexity index is 299. The Morgan fingerprint density at radius 3 is 3.08 bits per heavy atom. The Balaban J connectivity index is 2.06. The quantitative estimate of drug-likeness (QED) is 0.700. The maximum Gasteiger partial charge on any atom is 0.0832 e. The molecule has 1 aromatic heterocycles. The summed E-state index contributed by atoms with van der Waals surface area (Å²) in [6.07, 6.45) is 7.95. The lowest BCUT2D eigenvalue weighted by atomic mass is 10.1. The zero-order chi connectivity index (χ0) is 9.26. The summed E-state index contributed by atoms with van der Waals surface area (Å²) in [6.45, 7) is 4.49. The highest BCUT2D eigenvalue weighted by molar-refractivity contribution is 5.16. The van der Waals surface area contributed by atoms with Crippen molar-refractivity contribution >= 4 is 0 Å². The minimum atomic E-state index is -0.244. The van der Waals surface area contributed by atoms with Crippen molar-refractivity contribution in [2.24, 2.45) is 5.92 Å². The maximum atomic E-state index is 9.80. The SMILES string of the molecule is C=CCn1ccc(C(O)C2CC2)c1. The van der Waals surface area contributed by atoms with Gasteiger partial charge in [-0.15, -0.1) is 6.58 Å². The maximum absolute atomic E-state index is 9.80. The predicted octanol–water partition coefficient (Wildman–Crippen LogP) is 2.12. The molecule has 2 nitrogen and oxygen atoms in total. The molecule has 1 saturated carbocycles. The molecule has 0 aromatic carbocycles. The highest BCUT2D eigenvalue weighted by Crippen LogP contribution is 2.40. The van der Waals surface area contributed by atoms with Gasteiger partial charge in [0.25, 0.3) is 0 Å². The van der Waals surface area contributed by atoms with E-state index in [-0.39, 0.29) is 6.10 Å². The van der Waals surface area contributed by atoms with Crippen LogP contribution in [-0.4, -0.2) is 9.67 Å². The average molecular weight is 177 g/mol. The van der Waals surface area contributed by atoms with Crippen molar-refractivity contribution in [3.63, 3.8) is 0 Å². The molecule has 0 aliphatic heterocycles. The van der Waals surface area contributed by atoms with Crippen molar-refractivity contribution in [1.82, 2.24) is 4.57 Å². The molecule has 1 aliphatic rings. The van der Waals surface area contributed by atoms with Gasteiger partial charge in [0, 0.05) is 18.9 Å². The largest absolute Gasteiger partial charge is 0.388 e. The first-order chi connectivity index (χ1) is 6.31. The molecule has 1 aliphatic carbocycles. The molecule has 1 unspecified atom stereocenters. The minimum absolute atomic E-state index is 0.244. The molecule has 2 rings (SSSR count). The van der Waals surface area contributed by atoms with E-state index in [1.165, 1.54) is 12.8 Å². The molecule has 70 valence electrons. The molecule has 0 radical (unpaired) electrons. The van der Waals surface area contributed by atoms with Crippen molar-refractivity contribution < 1.29 is 5.11 Å². The number of rotatable bonds is 4. The van der Waals surface area contributed by atoms with E-state index < -0.39 is 0 Å². The van der Waals surface area contributed by atoms with Crippen LogP contribution in [0.3, 0.4) is 0 Å². The monoisotopic (exact) mass is 177 g/mol. The van der Waals surface area contributed by atoms with Crippen LogP contribution >= 0.6 is 0 Å². The van der Waals surface area contributed by atoms with Gasteiger partial charge in [0.1, 0.15) is 0 Å². The van der Waals surface area contributed by atoms with E-state index in [1.54, 1.807) is 0 Å². The number of hydrogen-bond acceptors (Lipinski definition) is 1. The van der Waals surface area contributed by atoms with E-state index in [9.17, 15) is 5.11 Å². The number of nitrogens with zero attached hydrogens (tertiary/aromatic N) is 1. The Morgan fingerprint density at radius 2 is 2.46 bits per heavy atom. The summed E-state index contributed by atoms with van der Waals surface area (Å²) in [5, 5.41) is 9.80. The second kappa shape index (κ2) is 3.38. The van der Waals surface area contributed by atoms with Crippen LogP contribution < -0.4 is 0 Å². The van der Waals surface area contributed by atoms with Gasteiger partial charge in [-0.2, -0.15) is 0 Å². The van der Waals surface area contributed by atoms with E-state index in [2.05, 4.69) is 6.58 Å². The highest BCUT2D eigenvalue weighted by atomic mass is 16.3. The zero-order valence-electron chi connectivity index (χ0n) is 7.69. The van der Waals surface area contributed by atoms with Crippen LogP contribution in [-0.2, 0) is 6.54 Å². The lowest BCUT2D eigenvalue weighted by Crippen LogP contribution is -1.98. The number of aromatic nitrogens is 1. The van der Waals surface area contributed by atoms with Gasteiger partial charge in [-0.25, -0.2) is 0 Å². The van der Waals surface area contributed by atoms with Gasteiger partial charge in [-0.05, 0) is 30.4 Å². The third kappa shape index (κ3) is 1.83. The second-order valence-corrected chi connectivity index (χ2v) is 3.71. The third-order valence-corrected chi connectivity index (χ3v) is 2.52. The van der Waals surface area contributed by atoms with Gasteiger partial charge in [0.2, 0.25) is 0 Å². The molecule has 1 aromatic rings. The molecule has 1 atom stereocenters. The van der Waals surface area contributed by atoms with Crippen LogP contribution in [0.25, 0.3) is 0 Å². The second-order valence-electron chi connectivity index (χ2n) is 3.71. The summed E-state index contributed by atoms with van der Waals surface area (Å²) in [4.78, 5) is 0. The first-order valence-electron chi connectivity index (χ1n) is 4.76. The summed E-state index contributed by atoms with van der Waals surface area (Å²) < 4.78 is 2.04. The van der Waals surface area contributed by atoms with Crippen molar-refractivity contribution in [3.05, 3.63) is 36.7 Å². The van der Waals surface area contributed by atoms with Crippen molar-refractivity contribution in [3.8, 4) is 0 Å². The fourth-order valence-electron chi connectivity index (χ4n) is 1.58. The molecule has 0 spiro atoms. The molecule has 0 bridgehead atoms. The van der Waals surface area contributed by atoms with E-state index in [1.807, 2.05) is 29.1 Å². The van der Waals surface area contributed by atoms with Crippen LogP contribution in [0.1, 0.15) is 24.5 Å². The Hall–Kier alpha value is -1.02. The van der Waals surface area contributed by atoms with Crippen LogP contribution in [0.2, 0.25) is 0 Å². The van der Waals surface area contributed by atoms with Gasteiger partial charge >= 0.3 is 0 Å². The summed E-state index contributed by atoms with van der Waals surface area (Å²) >= 11 is 0. The standard InChI is InChI=1S/C11H15NO/c1-2-6-12-7-5-10(8-12)11(13)9-3-4-9/h2,5,7-9,11,13H,1,3-4,6H2. The van der Waals surface area contributed by atoms with Gasteiger partial charge in [0.15, 0.2) is 0 Å². The first-order valence-corrected chi connectivity index (χ1v) is 4.76. The van der Waals surface area contributed by atoms with Crippen LogP contribution in [0.4, 0.5) is 0 Å². The van der Waals surface area contributed by atoms with Crippen LogP contribution in [0.5, 0.6) is 0 Å². The number of aliphatic hydroxyl groups excluding tert-OH is 1. The molecular weight excluding hydrogens is 162 g/mol. The zero-order valence-corrected chi connectivity index (χ0v) is 7.69. The van der Waals surface area contributed by atoms with Gasteiger partial charge in [0.05, 0.1) is 6.10 Å². The molecule has 1 heterocycles. The Morgan fingerprint density at radius 1 is 1.69 bits per heavy atom. The molecule has 0 amide bonds. The van der Waals surface area contributed by atoms with E-state index in [0.29, 0.717) is 5.92 Å². The smallest absolute Gasteiger partial charge is 0.0832 e. The number of hydrogen-bond donors (Lipinski definition) is 1. The lowest BCUT2D eigenvalue weighted by molar-refractivity contribution is 0.154. The van der Waals surface area contributed by atoms with E-state index in [4.69, 9.17) is 0 Å². The summed E-state index contributed by atoms with van der Waals surface area (Å²) in [7, 11) is 0. The van der Waals surface area contributed by atoms with Crippen molar-refractivity contribution in [2.75, 3.05) is 0 Å². The molecule has 2 heteroatoms. The predicted molar refractivity (Wildman–Crippen MR) is 52.3 cm³/mol. The van der Waals surface area contributed by atoms with Crippen molar-refractivity contribution in [1.29, 1.82) is 0 Å². The van der Waals surface area contributed by atoms with Crippen LogP contribution in [0, 0.1) is 5.92 Å². The summed E-state index contributed by atoms with van der Waals surface area (Å²) in [5.41, 5.74) is 1.05. The Labute approximate surface area is 78.5 Å². The van der Waals surface area contributed by atoms with Gasteiger partial charge in [-0.3, -0.25) is 0 Å². The fourth-order valence-corrected chi connectivity index (χ4v) is 1.58. The van der Waals surface area contributed by atoms with Gasteiger partial charge < -0.3 is 9.67 Å². The molecule has 1 fully saturated rings. The van der Waals surface area contributed by atoms with Crippen LogP contribution in [0.15, 0.2) is 31.1 Å². The van der Waals surface area contributed by atoms with Crippen molar-refractivity contribution in [2.45, 2.75) is 25.5 Å². The van der Waals surface area contributed by atoms with E-state index in [0.717, 1.165) is 12.1 Å². The number of aliphatic hydroxyl groups is 1. The number of allylic oxidation sites excluding steroid dienone is 1. The Kier molecular flexibility index (Phi) is 2.23. The normalized spacial score (nSPS) is 18.5. The first kappa shape index (κ1) is 8.57.